The van der Waals surface area contributed by atoms with Gasteiger partial charge in [-0.2, -0.15) is 0 Å². The van der Waals surface area contributed by atoms with E-state index >= 15 is 0 Å². The van der Waals surface area contributed by atoms with E-state index in [1.807, 2.05) is 4.90 Å². The van der Waals surface area contributed by atoms with Crippen molar-refractivity contribution in [2.45, 2.75) is 26.0 Å². The number of hydrogen-bond acceptors (Lipinski definition) is 4. The number of carbonyl (C=O) groups excluding carboxylic acids is 1. The molecule has 0 bridgehead atoms. The third-order valence-electron chi connectivity index (χ3n) is 2.33. The molecule has 0 radical (unpaired) electrons. The van der Waals surface area contributed by atoms with Crippen LogP contribution in [0.25, 0.3) is 0 Å². The van der Waals surface area contributed by atoms with Crippen molar-refractivity contribution in [1.82, 2.24) is 10.2 Å². The summed E-state index contributed by atoms with van der Waals surface area (Å²) in [4.78, 5) is 12.7. The molecule has 4 nitrogen and oxygen atoms in total. The van der Waals surface area contributed by atoms with Gasteiger partial charge in [-0.15, -0.1) is 0 Å². The van der Waals surface area contributed by atoms with Gasteiger partial charge in [0.05, 0.1) is 0 Å². The number of nitrogens with one attached hydrogen (secondary N) is 1. The van der Waals surface area contributed by atoms with E-state index in [0.29, 0.717) is 12.8 Å². The lowest BCUT2D eigenvalue weighted by Gasteiger charge is -2.31. The summed E-state index contributed by atoms with van der Waals surface area (Å²) >= 11 is 0. The van der Waals surface area contributed by atoms with E-state index < -0.39 is 6.23 Å². The Hall–Kier alpha value is -0.450. The minimum atomic E-state index is -0.439. The summed E-state index contributed by atoms with van der Waals surface area (Å²) in [5.41, 5.74) is 0. The number of piperazine rings is 1. The summed E-state index contributed by atoms with van der Waals surface area (Å²) in [5.74, 6) is 0.147. The molecule has 1 aliphatic heterocycles. The summed E-state index contributed by atoms with van der Waals surface area (Å²) in [6.07, 6.45) is 0.603. The molecule has 4 heteroatoms. The second-order valence-electron chi connectivity index (χ2n) is 3.51. The van der Waals surface area contributed by atoms with Gasteiger partial charge in [0.15, 0.2) is 0 Å². The molecule has 76 valence electrons. The van der Waals surface area contributed by atoms with E-state index in [2.05, 4.69) is 5.32 Å². The van der Waals surface area contributed by atoms with Gasteiger partial charge in [0.2, 0.25) is 0 Å². The summed E-state index contributed by atoms with van der Waals surface area (Å²) in [5, 5.41) is 12.9. The second kappa shape index (κ2) is 5.32. The molecule has 2 N–H and O–H groups in total. The van der Waals surface area contributed by atoms with Crippen LogP contribution in [0.5, 0.6) is 0 Å². The zero-order chi connectivity index (χ0) is 9.68. The fraction of sp³-hybridized carbons (Fsp3) is 0.889. The Morgan fingerprint density at radius 3 is 2.69 bits per heavy atom. The number of aliphatic hydroxyl groups is 1. The number of carbonyl (C=O) groups is 1. The van der Waals surface area contributed by atoms with Crippen molar-refractivity contribution in [2.75, 3.05) is 26.2 Å². The maximum absolute atomic E-state index is 10.7. The van der Waals surface area contributed by atoms with Crippen LogP contribution in [-0.2, 0) is 4.79 Å². The van der Waals surface area contributed by atoms with Crippen molar-refractivity contribution in [2.24, 2.45) is 0 Å². The summed E-state index contributed by atoms with van der Waals surface area (Å²) in [6.45, 7) is 5.16. The molecule has 1 unspecified atom stereocenters. The first-order chi connectivity index (χ1) is 6.20. The fourth-order valence-electron chi connectivity index (χ4n) is 1.50. The Kier molecular flexibility index (Phi) is 4.35. The van der Waals surface area contributed by atoms with Crippen molar-refractivity contribution >= 4 is 5.78 Å². The van der Waals surface area contributed by atoms with E-state index in [9.17, 15) is 9.90 Å². The predicted molar refractivity (Wildman–Crippen MR) is 50.4 cm³/mol. The molecule has 1 atom stereocenters. The van der Waals surface area contributed by atoms with Crippen molar-refractivity contribution in [3.8, 4) is 0 Å². The third kappa shape index (κ3) is 3.85. The standard InChI is InChI=1S/C9H18N2O2/c1-8(12)2-3-9(13)11-6-4-10-5-7-11/h9-10,13H,2-7H2,1H3. The van der Waals surface area contributed by atoms with Crippen molar-refractivity contribution < 1.29 is 9.90 Å². The van der Waals surface area contributed by atoms with Crippen LogP contribution in [0.3, 0.4) is 0 Å². The third-order valence-corrected chi connectivity index (χ3v) is 2.33. The molecular formula is C9H18N2O2. The van der Waals surface area contributed by atoms with Gasteiger partial charge in [-0.25, -0.2) is 0 Å². The van der Waals surface area contributed by atoms with Gasteiger partial charge in [-0.05, 0) is 13.3 Å². The van der Waals surface area contributed by atoms with Gasteiger partial charge in [0.25, 0.3) is 0 Å². The number of ketones is 1. The Bertz CT molecular complexity index is 167. The van der Waals surface area contributed by atoms with Crippen LogP contribution in [0.4, 0.5) is 0 Å². The molecule has 0 aromatic rings. The Morgan fingerprint density at radius 2 is 2.15 bits per heavy atom. The SMILES string of the molecule is CC(=O)CCC(O)N1CCNCC1. The number of Topliss-reactive ketones (excluding diaryl/α,β-unsaturated/α-hetero) is 1. The van der Waals surface area contributed by atoms with Gasteiger partial charge in [0.1, 0.15) is 12.0 Å². The Labute approximate surface area is 78.9 Å². The van der Waals surface area contributed by atoms with Gasteiger partial charge < -0.3 is 15.2 Å². The summed E-state index contributed by atoms with van der Waals surface area (Å²) in [7, 11) is 0. The van der Waals surface area contributed by atoms with E-state index in [1.54, 1.807) is 6.92 Å². The summed E-state index contributed by atoms with van der Waals surface area (Å²) in [6, 6.07) is 0. The summed E-state index contributed by atoms with van der Waals surface area (Å²) < 4.78 is 0. The zero-order valence-corrected chi connectivity index (χ0v) is 8.12. The maximum atomic E-state index is 10.7. The molecule has 0 amide bonds. The average Bonchev–Trinajstić information content (AvgIpc) is 2.15. The molecule has 0 aliphatic carbocycles. The molecule has 0 spiro atoms. The molecule has 1 aliphatic rings. The van der Waals surface area contributed by atoms with E-state index in [0.717, 1.165) is 26.2 Å². The zero-order valence-electron chi connectivity index (χ0n) is 8.12. The molecule has 0 aromatic heterocycles. The number of rotatable bonds is 4. The smallest absolute Gasteiger partial charge is 0.129 e. The van der Waals surface area contributed by atoms with Crippen LogP contribution in [0, 0.1) is 0 Å². The first-order valence-electron chi connectivity index (χ1n) is 4.82. The highest BCUT2D eigenvalue weighted by atomic mass is 16.3. The number of hydrogen-bond donors (Lipinski definition) is 2. The Morgan fingerprint density at radius 1 is 1.54 bits per heavy atom. The average molecular weight is 186 g/mol. The topological polar surface area (TPSA) is 52.6 Å². The van der Waals surface area contributed by atoms with Crippen LogP contribution in [0.15, 0.2) is 0 Å². The molecule has 1 heterocycles. The lowest BCUT2D eigenvalue weighted by molar-refractivity contribution is -0.118. The van der Waals surface area contributed by atoms with Crippen molar-refractivity contribution in [3.05, 3.63) is 0 Å². The van der Waals surface area contributed by atoms with E-state index in [1.165, 1.54) is 0 Å². The van der Waals surface area contributed by atoms with Gasteiger partial charge >= 0.3 is 0 Å². The number of nitrogens with zero attached hydrogens (tertiary/aromatic N) is 1. The highest BCUT2D eigenvalue weighted by molar-refractivity contribution is 5.75. The highest BCUT2D eigenvalue weighted by Crippen LogP contribution is 2.05. The van der Waals surface area contributed by atoms with Crippen LogP contribution in [0.1, 0.15) is 19.8 Å². The molecule has 1 fully saturated rings. The molecule has 1 rings (SSSR count). The van der Waals surface area contributed by atoms with Gasteiger partial charge in [-0.1, -0.05) is 0 Å². The lowest BCUT2D eigenvalue weighted by Crippen LogP contribution is -2.48. The van der Waals surface area contributed by atoms with Gasteiger partial charge in [-0.3, -0.25) is 4.90 Å². The minimum absolute atomic E-state index is 0.147. The van der Waals surface area contributed by atoms with Gasteiger partial charge in [0, 0.05) is 32.6 Å². The lowest BCUT2D eigenvalue weighted by atomic mass is 10.2. The molecule has 13 heavy (non-hydrogen) atoms. The number of aliphatic hydroxyl groups excluding tert-OH is 1. The van der Waals surface area contributed by atoms with Crippen LogP contribution < -0.4 is 5.32 Å². The molecule has 1 saturated heterocycles. The normalized spacial score (nSPS) is 21.4. The predicted octanol–water partition coefficient (Wildman–Crippen LogP) is -0.421. The second-order valence-corrected chi connectivity index (χ2v) is 3.51. The minimum Gasteiger partial charge on any atom is -0.378 e. The largest absolute Gasteiger partial charge is 0.378 e. The monoisotopic (exact) mass is 186 g/mol. The molecule has 0 saturated carbocycles. The quantitative estimate of drug-likeness (QED) is 0.626. The molecule has 0 aromatic carbocycles. The van der Waals surface area contributed by atoms with Crippen LogP contribution in [-0.4, -0.2) is 48.2 Å². The fourth-order valence-corrected chi connectivity index (χ4v) is 1.50. The van der Waals surface area contributed by atoms with Crippen molar-refractivity contribution in [1.29, 1.82) is 0 Å². The van der Waals surface area contributed by atoms with Crippen LogP contribution >= 0.6 is 0 Å². The molecular weight excluding hydrogens is 168 g/mol. The first kappa shape index (κ1) is 10.6. The van der Waals surface area contributed by atoms with E-state index in [4.69, 9.17) is 0 Å². The maximum Gasteiger partial charge on any atom is 0.129 e. The Balaban J connectivity index is 2.20. The first-order valence-corrected chi connectivity index (χ1v) is 4.82. The van der Waals surface area contributed by atoms with Crippen molar-refractivity contribution in [3.63, 3.8) is 0 Å². The van der Waals surface area contributed by atoms with E-state index in [-0.39, 0.29) is 5.78 Å². The van der Waals surface area contributed by atoms with Crippen LogP contribution in [0.2, 0.25) is 0 Å². The highest BCUT2D eigenvalue weighted by Gasteiger charge is 2.17.